The zero-order valence-corrected chi connectivity index (χ0v) is 11.6. The third kappa shape index (κ3) is 3.14. The molecule has 1 aromatic carbocycles. The zero-order chi connectivity index (χ0) is 15.2. The van der Waals surface area contributed by atoms with Gasteiger partial charge in [-0.25, -0.2) is 0 Å². The Morgan fingerprint density at radius 3 is 2.38 bits per heavy atom. The molecule has 6 heteroatoms. The lowest BCUT2D eigenvalue weighted by Crippen LogP contribution is -2.31. The normalized spacial score (nSPS) is 18.6. The van der Waals surface area contributed by atoms with Crippen LogP contribution in [0.3, 0.4) is 0 Å². The minimum Gasteiger partial charge on any atom is -0.384 e. The average Bonchev–Trinajstić information content (AvgIpc) is 3.25. The average molecular weight is 297 g/mol. The van der Waals surface area contributed by atoms with E-state index in [2.05, 4.69) is 4.90 Å². The summed E-state index contributed by atoms with van der Waals surface area (Å²) in [7, 11) is 0. The molecule has 0 aliphatic heterocycles. The number of nitrogen functional groups attached to an aromatic ring is 1. The van der Waals surface area contributed by atoms with Gasteiger partial charge in [-0.1, -0.05) is 0 Å². The van der Waals surface area contributed by atoms with Gasteiger partial charge >= 0.3 is 6.18 Å². The summed E-state index contributed by atoms with van der Waals surface area (Å²) < 4.78 is 38.5. The number of hydrogen-bond acceptors (Lipinski definition) is 2. The van der Waals surface area contributed by atoms with E-state index in [1.54, 1.807) is 0 Å². The molecule has 0 amide bonds. The molecule has 3 nitrogen and oxygen atoms in total. The van der Waals surface area contributed by atoms with Gasteiger partial charge in [0.2, 0.25) is 0 Å². The summed E-state index contributed by atoms with van der Waals surface area (Å²) in [6.45, 7) is 0.857. The largest absolute Gasteiger partial charge is 0.416 e. The summed E-state index contributed by atoms with van der Waals surface area (Å²) in [6.07, 6.45) is 0.0678. The lowest BCUT2D eigenvalue weighted by Gasteiger charge is -2.27. The van der Waals surface area contributed by atoms with Gasteiger partial charge < -0.3 is 10.6 Å². The number of nitrogens with two attached hydrogens (primary N) is 1. The maximum absolute atomic E-state index is 12.8. The number of hydrogen-bond donors (Lipinski definition) is 2. The van der Waals surface area contributed by atoms with Crippen molar-refractivity contribution in [2.24, 2.45) is 11.7 Å². The molecule has 114 valence electrons. The standard InChI is InChI=1S/C15H18F3N3/c16-15(17,18)10-3-6-13(12(7-10)14(19)20)21(11-4-5-11)8-9-1-2-9/h3,6-7,9,11H,1-2,4-5,8H2,(H3,19,20). The highest BCUT2D eigenvalue weighted by Gasteiger charge is 2.36. The number of nitrogens with one attached hydrogen (secondary N) is 1. The Balaban J connectivity index is 1.97. The number of amidine groups is 1. The van der Waals surface area contributed by atoms with Crippen LogP contribution in [0.15, 0.2) is 18.2 Å². The number of halogens is 3. The van der Waals surface area contributed by atoms with E-state index in [1.165, 1.54) is 18.9 Å². The van der Waals surface area contributed by atoms with Crippen LogP contribution in [0.5, 0.6) is 0 Å². The SMILES string of the molecule is N=C(N)c1cc(C(F)(F)F)ccc1N(CC1CC1)C1CC1. The van der Waals surface area contributed by atoms with Crippen molar-refractivity contribution >= 4 is 11.5 Å². The van der Waals surface area contributed by atoms with Crippen LogP contribution in [-0.2, 0) is 6.18 Å². The molecule has 2 aliphatic carbocycles. The van der Waals surface area contributed by atoms with Crippen molar-refractivity contribution in [1.82, 2.24) is 0 Å². The minimum absolute atomic E-state index is 0.192. The van der Waals surface area contributed by atoms with Gasteiger partial charge in [0.25, 0.3) is 0 Å². The number of nitrogens with zero attached hydrogens (tertiary/aromatic N) is 1. The Morgan fingerprint density at radius 1 is 1.24 bits per heavy atom. The van der Waals surface area contributed by atoms with Gasteiger partial charge in [0.1, 0.15) is 5.84 Å². The van der Waals surface area contributed by atoms with E-state index >= 15 is 0 Å². The van der Waals surface area contributed by atoms with E-state index in [9.17, 15) is 13.2 Å². The van der Waals surface area contributed by atoms with Crippen LogP contribution in [0.4, 0.5) is 18.9 Å². The molecule has 2 aliphatic rings. The van der Waals surface area contributed by atoms with Crippen molar-refractivity contribution in [3.8, 4) is 0 Å². The van der Waals surface area contributed by atoms with Gasteiger partial charge in [0, 0.05) is 23.8 Å². The number of rotatable bonds is 5. The van der Waals surface area contributed by atoms with Crippen LogP contribution in [0.2, 0.25) is 0 Å². The molecule has 0 spiro atoms. The molecule has 21 heavy (non-hydrogen) atoms. The monoisotopic (exact) mass is 297 g/mol. The summed E-state index contributed by atoms with van der Waals surface area (Å²) >= 11 is 0. The quantitative estimate of drug-likeness (QED) is 0.646. The minimum atomic E-state index is -4.41. The van der Waals surface area contributed by atoms with Gasteiger partial charge in [-0.2, -0.15) is 13.2 Å². The van der Waals surface area contributed by atoms with Gasteiger partial charge in [-0.15, -0.1) is 0 Å². The molecule has 0 unspecified atom stereocenters. The predicted octanol–water partition coefficient (Wildman–Crippen LogP) is 3.37. The van der Waals surface area contributed by atoms with Crippen LogP contribution in [0.25, 0.3) is 0 Å². The first kappa shape index (κ1) is 14.2. The molecule has 2 saturated carbocycles. The van der Waals surface area contributed by atoms with Crippen molar-refractivity contribution in [2.75, 3.05) is 11.4 Å². The topological polar surface area (TPSA) is 53.1 Å². The zero-order valence-electron chi connectivity index (χ0n) is 11.6. The molecule has 2 fully saturated rings. The second-order valence-corrected chi connectivity index (χ2v) is 5.97. The third-order valence-corrected chi connectivity index (χ3v) is 4.06. The lowest BCUT2D eigenvalue weighted by molar-refractivity contribution is -0.137. The summed E-state index contributed by atoms with van der Waals surface area (Å²) in [5.74, 6) is 0.324. The van der Waals surface area contributed by atoms with E-state index in [0.717, 1.165) is 31.5 Å². The van der Waals surface area contributed by atoms with Crippen LogP contribution < -0.4 is 10.6 Å². The van der Waals surface area contributed by atoms with Crippen molar-refractivity contribution in [3.63, 3.8) is 0 Å². The van der Waals surface area contributed by atoms with Crippen LogP contribution in [0, 0.1) is 11.3 Å². The summed E-state index contributed by atoms with van der Waals surface area (Å²) in [6, 6.07) is 3.95. The molecule has 0 bridgehead atoms. The smallest absolute Gasteiger partial charge is 0.384 e. The number of benzene rings is 1. The number of anilines is 1. The highest BCUT2D eigenvalue weighted by molar-refractivity contribution is 6.00. The van der Waals surface area contributed by atoms with E-state index in [4.69, 9.17) is 11.1 Å². The summed E-state index contributed by atoms with van der Waals surface area (Å²) in [5, 5.41) is 7.61. The second-order valence-electron chi connectivity index (χ2n) is 5.97. The highest BCUT2D eigenvalue weighted by atomic mass is 19.4. The van der Waals surface area contributed by atoms with E-state index in [0.29, 0.717) is 17.6 Å². The van der Waals surface area contributed by atoms with Gasteiger partial charge in [-0.3, -0.25) is 5.41 Å². The predicted molar refractivity (Wildman–Crippen MR) is 75.6 cm³/mol. The lowest BCUT2D eigenvalue weighted by atomic mass is 10.1. The summed E-state index contributed by atoms with van der Waals surface area (Å²) in [4.78, 5) is 2.15. The Hall–Kier alpha value is -1.72. The summed E-state index contributed by atoms with van der Waals surface area (Å²) in [5.41, 5.74) is 5.63. The van der Waals surface area contributed by atoms with Gasteiger partial charge in [0.05, 0.1) is 5.56 Å². The molecular weight excluding hydrogens is 279 g/mol. The Kier molecular flexibility index (Phi) is 3.34. The van der Waals surface area contributed by atoms with Crippen molar-refractivity contribution in [1.29, 1.82) is 5.41 Å². The molecule has 0 heterocycles. The molecule has 1 aromatic rings. The van der Waals surface area contributed by atoms with Crippen molar-refractivity contribution in [3.05, 3.63) is 29.3 Å². The molecule has 0 atom stereocenters. The fourth-order valence-corrected chi connectivity index (χ4v) is 2.59. The first-order valence-corrected chi connectivity index (χ1v) is 7.18. The maximum atomic E-state index is 12.8. The van der Waals surface area contributed by atoms with Gasteiger partial charge in [0.15, 0.2) is 0 Å². The van der Waals surface area contributed by atoms with Crippen LogP contribution in [-0.4, -0.2) is 18.4 Å². The molecular formula is C15H18F3N3. The fourth-order valence-electron chi connectivity index (χ4n) is 2.59. The molecule has 0 saturated heterocycles. The third-order valence-electron chi connectivity index (χ3n) is 4.06. The Morgan fingerprint density at radius 2 is 1.90 bits per heavy atom. The Bertz CT molecular complexity index is 560. The number of alkyl halides is 3. The first-order valence-electron chi connectivity index (χ1n) is 7.18. The first-order chi connectivity index (χ1) is 9.86. The van der Waals surface area contributed by atoms with Crippen molar-refractivity contribution < 1.29 is 13.2 Å². The van der Waals surface area contributed by atoms with Crippen LogP contribution in [0.1, 0.15) is 36.8 Å². The van der Waals surface area contributed by atoms with E-state index < -0.39 is 11.7 Å². The Labute approximate surface area is 121 Å². The second kappa shape index (κ2) is 4.93. The van der Waals surface area contributed by atoms with E-state index in [-0.39, 0.29) is 11.4 Å². The van der Waals surface area contributed by atoms with Crippen molar-refractivity contribution in [2.45, 2.75) is 37.9 Å². The fraction of sp³-hybridized carbons (Fsp3) is 0.533. The maximum Gasteiger partial charge on any atom is 0.416 e. The van der Waals surface area contributed by atoms with Gasteiger partial charge in [-0.05, 0) is 49.8 Å². The molecule has 0 aromatic heterocycles. The van der Waals surface area contributed by atoms with Crippen LogP contribution >= 0.6 is 0 Å². The molecule has 3 N–H and O–H groups in total. The molecule has 3 rings (SSSR count). The molecule has 0 radical (unpaired) electrons. The highest BCUT2D eigenvalue weighted by Crippen LogP contribution is 2.40. The van der Waals surface area contributed by atoms with E-state index in [1.807, 2.05) is 0 Å².